The van der Waals surface area contributed by atoms with Crippen LogP contribution in [0.2, 0.25) is 0 Å². The molecule has 0 aromatic carbocycles. The molecular weight excluding hydrogens is 268 g/mol. The Morgan fingerprint density at radius 3 is 3.22 bits per heavy atom. The number of carbonyl (C=O) groups excluding carboxylic acids is 1. The number of aromatic nitrogens is 1. The molecule has 18 heavy (non-hydrogen) atoms. The Balaban J connectivity index is 1.98. The van der Waals surface area contributed by atoms with Gasteiger partial charge in [-0.1, -0.05) is 11.8 Å². The molecule has 1 N–H and O–H groups in total. The zero-order chi connectivity index (χ0) is 13.0. The number of esters is 1. The third kappa shape index (κ3) is 2.87. The first-order valence-electron chi connectivity index (χ1n) is 6.12. The third-order valence-electron chi connectivity index (χ3n) is 3.29. The Labute approximate surface area is 116 Å². The minimum Gasteiger partial charge on any atom is -0.465 e. The summed E-state index contributed by atoms with van der Waals surface area (Å²) in [6.45, 7) is 2.28. The number of carbonyl (C=O) groups is 1. The van der Waals surface area contributed by atoms with Gasteiger partial charge in [-0.3, -0.25) is 4.79 Å². The summed E-state index contributed by atoms with van der Waals surface area (Å²) >= 11 is 3.42. The lowest BCUT2D eigenvalue weighted by molar-refractivity contribution is -0.150. The number of likely N-dealkylation sites (N-methyl/N-ethyl adjacent to an activating group) is 1. The van der Waals surface area contributed by atoms with Gasteiger partial charge in [0.25, 0.3) is 0 Å². The van der Waals surface area contributed by atoms with Gasteiger partial charge >= 0.3 is 5.97 Å². The van der Waals surface area contributed by atoms with Crippen molar-refractivity contribution in [1.29, 1.82) is 0 Å². The largest absolute Gasteiger partial charge is 0.465 e. The first kappa shape index (κ1) is 13.8. The van der Waals surface area contributed by atoms with Gasteiger partial charge in [-0.15, -0.1) is 11.3 Å². The SMILES string of the molecule is CCOC(=O)C1(NC)CCC(Sc2nccs2)C1. The van der Waals surface area contributed by atoms with E-state index in [0.717, 1.165) is 23.6 Å². The second kappa shape index (κ2) is 6.04. The molecule has 2 unspecified atom stereocenters. The summed E-state index contributed by atoms with van der Waals surface area (Å²) in [7, 11) is 1.84. The Kier molecular flexibility index (Phi) is 4.64. The lowest BCUT2D eigenvalue weighted by Gasteiger charge is -2.26. The zero-order valence-electron chi connectivity index (χ0n) is 10.6. The Morgan fingerprint density at radius 2 is 2.61 bits per heavy atom. The number of thioether (sulfide) groups is 1. The molecule has 4 nitrogen and oxygen atoms in total. The van der Waals surface area contributed by atoms with Crippen LogP contribution in [-0.4, -0.2) is 35.4 Å². The second-order valence-electron chi connectivity index (χ2n) is 4.33. The van der Waals surface area contributed by atoms with Gasteiger partial charge in [0.15, 0.2) is 0 Å². The fourth-order valence-electron chi connectivity index (χ4n) is 2.30. The molecule has 1 aliphatic rings. The summed E-state index contributed by atoms with van der Waals surface area (Å²) < 4.78 is 6.26. The molecule has 0 amide bonds. The molecule has 1 aliphatic carbocycles. The van der Waals surface area contributed by atoms with Gasteiger partial charge < -0.3 is 10.1 Å². The van der Waals surface area contributed by atoms with Crippen molar-refractivity contribution in [3.8, 4) is 0 Å². The molecule has 2 atom stereocenters. The molecule has 0 spiro atoms. The number of rotatable bonds is 5. The summed E-state index contributed by atoms with van der Waals surface area (Å²) in [4.78, 5) is 16.3. The Morgan fingerprint density at radius 1 is 1.78 bits per heavy atom. The van der Waals surface area contributed by atoms with Crippen LogP contribution in [0, 0.1) is 0 Å². The van der Waals surface area contributed by atoms with Crippen LogP contribution in [-0.2, 0) is 9.53 Å². The van der Waals surface area contributed by atoms with Gasteiger partial charge in [0.1, 0.15) is 9.88 Å². The lowest BCUT2D eigenvalue weighted by Crippen LogP contribution is -2.49. The maximum absolute atomic E-state index is 12.0. The van der Waals surface area contributed by atoms with Crippen molar-refractivity contribution in [2.24, 2.45) is 0 Å². The van der Waals surface area contributed by atoms with E-state index < -0.39 is 5.54 Å². The summed E-state index contributed by atoms with van der Waals surface area (Å²) in [5, 5.41) is 5.58. The maximum Gasteiger partial charge on any atom is 0.326 e. The van der Waals surface area contributed by atoms with Crippen LogP contribution in [0.25, 0.3) is 0 Å². The fourth-order valence-corrected chi connectivity index (χ4v) is 4.46. The Bertz CT molecular complexity index is 397. The minimum absolute atomic E-state index is 0.116. The normalized spacial score (nSPS) is 27.3. The van der Waals surface area contributed by atoms with Gasteiger partial charge in [-0.05, 0) is 33.2 Å². The van der Waals surface area contributed by atoms with E-state index in [9.17, 15) is 4.79 Å². The Hall–Kier alpha value is -0.590. The van der Waals surface area contributed by atoms with E-state index in [4.69, 9.17) is 4.74 Å². The van der Waals surface area contributed by atoms with E-state index in [1.165, 1.54) is 0 Å². The highest BCUT2D eigenvalue weighted by molar-refractivity contribution is 8.01. The molecule has 0 aliphatic heterocycles. The maximum atomic E-state index is 12.0. The van der Waals surface area contributed by atoms with Crippen molar-refractivity contribution in [2.75, 3.05) is 13.7 Å². The highest BCUT2D eigenvalue weighted by atomic mass is 32.2. The summed E-state index contributed by atoms with van der Waals surface area (Å²) in [6.07, 6.45) is 4.49. The van der Waals surface area contributed by atoms with E-state index in [1.807, 2.05) is 25.5 Å². The van der Waals surface area contributed by atoms with E-state index in [1.54, 1.807) is 23.1 Å². The third-order valence-corrected chi connectivity index (χ3v) is 5.48. The number of nitrogens with zero attached hydrogens (tertiary/aromatic N) is 1. The molecule has 100 valence electrons. The second-order valence-corrected chi connectivity index (χ2v) is 6.78. The summed E-state index contributed by atoms with van der Waals surface area (Å²) in [6, 6.07) is 0. The van der Waals surface area contributed by atoms with Crippen LogP contribution < -0.4 is 5.32 Å². The zero-order valence-corrected chi connectivity index (χ0v) is 12.3. The quantitative estimate of drug-likeness (QED) is 0.842. The van der Waals surface area contributed by atoms with Crippen LogP contribution in [0.4, 0.5) is 0 Å². The highest BCUT2D eigenvalue weighted by Crippen LogP contribution is 2.41. The molecule has 1 heterocycles. The van der Waals surface area contributed by atoms with Crippen molar-refractivity contribution in [2.45, 2.75) is 41.3 Å². The molecule has 0 radical (unpaired) electrons. The van der Waals surface area contributed by atoms with E-state index in [0.29, 0.717) is 11.9 Å². The van der Waals surface area contributed by atoms with Crippen molar-refractivity contribution in [1.82, 2.24) is 10.3 Å². The van der Waals surface area contributed by atoms with Crippen molar-refractivity contribution < 1.29 is 9.53 Å². The number of hydrogen-bond donors (Lipinski definition) is 1. The van der Waals surface area contributed by atoms with E-state index in [2.05, 4.69) is 10.3 Å². The number of ether oxygens (including phenoxy) is 1. The predicted molar refractivity (Wildman–Crippen MR) is 74.0 cm³/mol. The molecule has 1 saturated carbocycles. The van der Waals surface area contributed by atoms with Crippen LogP contribution in [0.5, 0.6) is 0 Å². The average molecular weight is 286 g/mol. The van der Waals surface area contributed by atoms with Gasteiger partial charge in [-0.25, -0.2) is 4.98 Å². The van der Waals surface area contributed by atoms with Crippen LogP contribution >= 0.6 is 23.1 Å². The number of nitrogens with one attached hydrogen (secondary N) is 1. The molecule has 2 rings (SSSR count). The first-order valence-corrected chi connectivity index (χ1v) is 7.88. The lowest BCUT2D eigenvalue weighted by atomic mass is 9.98. The smallest absolute Gasteiger partial charge is 0.326 e. The van der Waals surface area contributed by atoms with Gasteiger partial charge in [0.05, 0.1) is 6.61 Å². The van der Waals surface area contributed by atoms with Gasteiger partial charge in [0.2, 0.25) is 0 Å². The molecule has 1 aromatic heterocycles. The standard InChI is InChI=1S/C12H18N2O2S2/c1-3-16-10(15)12(13-2)5-4-9(8-12)18-11-14-6-7-17-11/h6-7,9,13H,3-5,8H2,1-2H3. The van der Waals surface area contributed by atoms with Gasteiger partial charge in [0, 0.05) is 16.8 Å². The van der Waals surface area contributed by atoms with E-state index >= 15 is 0 Å². The van der Waals surface area contributed by atoms with Gasteiger partial charge in [-0.2, -0.15) is 0 Å². The topological polar surface area (TPSA) is 51.2 Å². The molecular formula is C12H18N2O2S2. The molecule has 1 aromatic rings. The molecule has 0 bridgehead atoms. The minimum atomic E-state index is -0.495. The highest BCUT2D eigenvalue weighted by Gasteiger charge is 2.45. The van der Waals surface area contributed by atoms with E-state index in [-0.39, 0.29) is 5.97 Å². The fraction of sp³-hybridized carbons (Fsp3) is 0.667. The summed E-state index contributed by atoms with van der Waals surface area (Å²) in [5.41, 5.74) is -0.495. The average Bonchev–Trinajstić information content (AvgIpc) is 3.00. The first-order chi connectivity index (χ1) is 8.70. The monoisotopic (exact) mass is 286 g/mol. The predicted octanol–water partition coefficient (Wildman–Crippen LogP) is 2.31. The number of hydrogen-bond acceptors (Lipinski definition) is 6. The van der Waals surface area contributed by atoms with Crippen LogP contribution in [0.1, 0.15) is 26.2 Å². The van der Waals surface area contributed by atoms with Crippen LogP contribution in [0.15, 0.2) is 15.9 Å². The summed E-state index contributed by atoms with van der Waals surface area (Å²) in [5.74, 6) is -0.116. The molecule has 1 fully saturated rings. The van der Waals surface area contributed by atoms with Crippen molar-refractivity contribution >= 4 is 29.1 Å². The van der Waals surface area contributed by atoms with Crippen LogP contribution in [0.3, 0.4) is 0 Å². The van der Waals surface area contributed by atoms with Crippen molar-refractivity contribution in [3.63, 3.8) is 0 Å². The molecule has 6 heteroatoms. The number of thiazole rings is 1. The molecule has 0 saturated heterocycles. The van der Waals surface area contributed by atoms with Crippen molar-refractivity contribution in [3.05, 3.63) is 11.6 Å².